The fourth-order valence-electron chi connectivity index (χ4n) is 1.43. The Bertz CT molecular complexity index is 201. The Morgan fingerprint density at radius 1 is 1.69 bits per heavy atom. The van der Waals surface area contributed by atoms with Crippen molar-refractivity contribution in [2.45, 2.75) is 31.7 Å². The van der Waals surface area contributed by atoms with Crippen molar-refractivity contribution < 1.29 is 4.79 Å². The number of carbonyl (C=O) groups is 1. The minimum absolute atomic E-state index is 0.0332. The third-order valence-electron chi connectivity index (χ3n) is 2.17. The number of hydrogen-bond donors (Lipinski definition) is 2. The van der Waals surface area contributed by atoms with Crippen molar-refractivity contribution in [3.05, 3.63) is 0 Å². The molecule has 0 bridgehead atoms. The van der Waals surface area contributed by atoms with Gasteiger partial charge in [0.25, 0.3) is 0 Å². The second-order valence-electron chi connectivity index (χ2n) is 3.25. The highest BCUT2D eigenvalue weighted by Gasteiger charge is 2.20. The highest BCUT2D eigenvalue weighted by molar-refractivity contribution is 5.81. The number of nitrogens with one attached hydrogen (secondary N) is 2. The van der Waals surface area contributed by atoms with E-state index in [2.05, 4.69) is 16.6 Å². The first-order valence-corrected chi connectivity index (χ1v) is 4.79. The molecular weight excluding hydrogens is 164 g/mol. The summed E-state index contributed by atoms with van der Waals surface area (Å²) in [6.45, 7) is 1.66. The number of unbranched alkanes of at least 4 members (excludes halogenated alkanes) is 1. The first-order valence-electron chi connectivity index (χ1n) is 4.79. The molecule has 1 amide bonds. The summed E-state index contributed by atoms with van der Waals surface area (Å²) < 4.78 is 0. The fourth-order valence-corrected chi connectivity index (χ4v) is 1.43. The third-order valence-corrected chi connectivity index (χ3v) is 2.17. The Kier molecular flexibility index (Phi) is 4.34. The molecule has 3 nitrogen and oxygen atoms in total. The van der Waals surface area contributed by atoms with E-state index in [0.29, 0.717) is 6.54 Å². The van der Waals surface area contributed by atoms with Crippen molar-refractivity contribution in [1.29, 1.82) is 0 Å². The van der Waals surface area contributed by atoms with E-state index in [9.17, 15) is 4.79 Å². The van der Waals surface area contributed by atoms with Gasteiger partial charge in [-0.2, -0.15) is 0 Å². The van der Waals surface area contributed by atoms with E-state index in [1.807, 2.05) is 0 Å². The lowest BCUT2D eigenvalue weighted by molar-refractivity contribution is -0.122. The third kappa shape index (κ3) is 3.47. The minimum atomic E-state index is 0.0332. The molecule has 72 valence electrons. The van der Waals surface area contributed by atoms with Gasteiger partial charge in [0.15, 0.2) is 0 Å². The van der Waals surface area contributed by atoms with E-state index in [-0.39, 0.29) is 11.9 Å². The zero-order chi connectivity index (χ0) is 9.52. The first-order chi connectivity index (χ1) is 6.34. The quantitative estimate of drug-likeness (QED) is 0.481. The summed E-state index contributed by atoms with van der Waals surface area (Å²) in [5.74, 6) is 2.66. The molecule has 13 heavy (non-hydrogen) atoms. The summed E-state index contributed by atoms with van der Waals surface area (Å²) in [5.41, 5.74) is 0. The van der Waals surface area contributed by atoms with Crippen LogP contribution in [0.25, 0.3) is 0 Å². The molecule has 0 radical (unpaired) electrons. The lowest BCUT2D eigenvalue weighted by Gasteiger charge is -2.09. The maximum atomic E-state index is 11.4. The standard InChI is InChI=1S/C10H16N2O/c1-2-3-4-7-12-10(13)9-6-5-8-11-9/h1,9,11H,3-8H2,(H,12,13). The zero-order valence-corrected chi connectivity index (χ0v) is 7.81. The van der Waals surface area contributed by atoms with Crippen molar-refractivity contribution in [3.8, 4) is 12.3 Å². The van der Waals surface area contributed by atoms with E-state index < -0.39 is 0 Å². The molecule has 1 saturated heterocycles. The normalized spacial score (nSPS) is 21.0. The molecule has 0 spiro atoms. The van der Waals surface area contributed by atoms with E-state index in [0.717, 1.165) is 32.2 Å². The van der Waals surface area contributed by atoms with Gasteiger partial charge >= 0.3 is 0 Å². The Hall–Kier alpha value is -1.01. The van der Waals surface area contributed by atoms with Crippen LogP contribution in [0, 0.1) is 12.3 Å². The topological polar surface area (TPSA) is 41.1 Å². The lowest BCUT2D eigenvalue weighted by Crippen LogP contribution is -2.40. The Morgan fingerprint density at radius 3 is 3.15 bits per heavy atom. The average molecular weight is 180 g/mol. The Balaban J connectivity index is 2.07. The molecule has 0 aliphatic carbocycles. The predicted molar refractivity (Wildman–Crippen MR) is 52.1 cm³/mol. The molecule has 3 heteroatoms. The second kappa shape index (κ2) is 5.60. The molecule has 1 atom stereocenters. The van der Waals surface area contributed by atoms with Gasteiger partial charge in [-0.1, -0.05) is 0 Å². The van der Waals surface area contributed by atoms with Crippen LogP contribution in [-0.2, 0) is 4.79 Å². The molecule has 1 aliphatic heterocycles. The SMILES string of the molecule is C#CCCCNC(=O)C1CCCN1. The van der Waals surface area contributed by atoms with E-state index in [1.54, 1.807) is 0 Å². The number of amides is 1. The average Bonchev–Trinajstić information content (AvgIpc) is 2.65. The number of rotatable bonds is 4. The highest BCUT2D eigenvalue weighted by Crippen LogP contribution is 2.04. The maximum Gasteiger partial charge on any atom is 0.237 e. The Labute approximate surface area is 79.3 Å². The molecule has 1 rings (SSSR count). The minimum Gasteiger partial charge on any atom is -0.355 e. The lowest BCUT2D eigenvalue weighted by atomic mass is 10.2. The molecular formula is C10H16N2O. The second-order valence-corrected chi connectivity index (χ2v) is 3.25. The van der Waals surface area contributed by atoms with Gasteiger partial charge in [0.2, 0.25) is 5.91 Å². The van der Waals surface area contributed by atoms with Crippen molar-refractivity contribution in [1.82, 2.24) is 10.6 Å². The zero-order valence-electron chi connectivity index (χ0n) is 7.81. The number of hydrogen-bond acceptors (Lipinski definition) is 2. The molecule has 0 aromatic rings. The van der Waals surface area contributed by atoms with Crippen molar-refractivity contribution in [3.63, 3.8) is 0 Å². The van der Waals surface area contributed by atoms with Crippen LogP contribution in [0.15, 0.2) is 0 Å². The Morgan fingerprint density at radius 2 is 2.54 bits per heavy atom. The molecule has 0 saturated carbocycles. The monoisotopic (exact) mass is 180 g/mol. The molecule has 0 aromatic heterocycles. The van der Waals surface area contributed by atoms with Crippen molar-refractivity contribution in [2.75, 3.05) is 13.1 Å². The fraction of sp³-hybridized carbons (Fsp3) is 0.700. The van der Waals surface area contributed by atoms with Gasteiger partial charge in [-0.15, -0.1) is 12.3 Å². The van der Waals surface area contributed by atoms with Gasteiger partial charge in [-0.3, -0.25) is 4.79 Å². The predicted octanol–water partition coefficient (Wildman–Crippen LogP) is 0.268. The summed E-state index contributed by atoms with van der Waals surface area (Å²) in [6, 6.07) is 0.0332. The van der Waals surface area contributed by atoms with Gasteiger partial charge in [0.1, 0.15) is 0 Å². The summed E-state index contributed by atoms with van der Waals surface area (Å²) in [4.78, 5) is 11.4. The molecule has 2 N–H and O–H groups in total. The molecule has 1 unspecified atom stereocenters. The first kappa shape index (κ1) is 10.1. The summed E-state index contributed by atoms with van der Waals surface area (Å²) in [7, 11) is 0. The van der Waals surface area contributed by atoms with Gasteiger partial charge < -0.3 is 10.6 Å². The van der Waals surface area contributed by atoms with Crippen LogP contribution in [-0.4, -0.2) is 25.0 Å². The van der Waals surface area contributed by atoms with E-state index >= 15 is 0 Å². The molecule has 1 fully saturated rings. The van der Waals surface area contributed by atoms with Crippen LogP contribution in [0.2, 0.25) is 0 Å². The van der Waals surface area contributed by atoms with Crippen molar-refractivity contribution >= 4 is 5.91 Å². The van der Waals surface area contributed by atoms with Crippen LogP contribution in [0.1, 0.15) is 25.7 Å². The smallest absolute Gasteiger partial charge is 0.237 e. The van der Waals surface area contributed by atoms with Crippen LogP contribution in [0.5, 0.6) is 0 Å². The van der Waals surface area contributed by atoms with E-state index in [1.165, 1.54) is 0 Å². The van der Waals surface area contributed by atoms with Crippen LogP contribution < -0.4 is 10.6 Å². The van der Waals surface area contributed by atoms with E-state index in [4.69, 9.17) is 6.42 Å². The van der Waals surface area contributed by atoms with Gasteiger partial charge in [0.05, 0.1) is 6.04 Å². The molecule has 1 heterocycles. The summed E-state index contributed by atoms with van der Waals surface area (Å²) >= 11 is 0. The van der Waals surface area contributed by atoms with Crippen LogP contribution >= 0.6 is 0 Å². The largest absolute Gasteiger partial charge is 0.355 e. The van der Waals surface area contributed by atoms with Crippen LogP contribution in [0.4, 0.5) is 0 Å². The van der Waals surface area contributed by atoms with Gasteiger partial charge in [-0.05, 0) is 25.8 Å². The number of terminal acetylenes is 1. The maximum absolute atomic E-state index is 11.4. The van der Waals surface area contributed by atoms with Crippen molar-refractivity contribution in [2.24, 2.45) is 0 Å². The molecule has 1 aliphatic rings. The van der Waals surface area contributed by atoms with Gasteiger partial charge in [0, 0.05) is 13.0 Å². The summed E-state index contributed by atoms with van der Waals surface area (Å²) in [5, 5.41) is 6.01. The number of carbonyl (C=O) groups excluding carboxylic acids is 1. The highest BCUT2D eigenvalue weighted by atomic mass is 16.2. The molecule has 0 aromatic carbocycles. The van der Waals surface area contributed by atoms with Gasteiger partial charge in [-0.25, -0.2) is 0 Å². The summed E-state index contributed by atoms with van der Waals surface area (Å²) in [6.07, 6.45) is 8.76. The van der Waals surface area contributed by atoms with Crippen LogP contribution in [0.3, 0.4) is 0 Å².